The van der Waals surface area contributed by atoms with Crippen LogP contribution >= 0.6 is 11.3 Å². The highest BCUT2D eigenvalue weighted by atomic mass is 32.1. The van der Waals surface area contributed by atoms with Gasteiger partial charge in [-0.25, -0.2) is 13.8 Å². The molecule has 53 heavy (non-hydrogen) atoms. The molecule has 2 N–H and O–H groups in total. The summed E-state index contributed by atoms with van der Waals surface area (Å²) in [5.74, 6) is 0.0272. The number of rotatable bonds is 12. The van der Waals surface area contributed by atoms with E-state index < -0.39 is 11.6 Å². The molecular weight excluding hydrogens is 685 g/mol. The molecule has 294 valence electrons. The summed E-state index contributed by atoms with van der Waals surface area (Å²) in [6.07, 6.45) is 12.0. The van der Waals surface area contributed by atoms with E-state index in [4.69, 9.17) is 15.5 Å². The molecule has 2 aliphatic rings. The first-order chi connectivity index (χ1) is 25.4. The standard InChI is InChI=1S/C32H38F2N4OS.C10H23N.C2H6/c1-7-18(4)26-22(15-37-20(6)38-12-10-11-13-38)23-16-39-17-24(23)28(30(26)34)27(19(5)8-2)29-21(14-35)32(36)40-31(29)25(33)9-3;1-5-7-8-10(3)11(4)9-6-2;1-2/h9,15H,7-8,10-13,16-17,36H2,1-6H3;10H,5-9H2,1-4H3;1-2H3/b22-15-,25-9+,26-18?,27-19+,37-20?;;/t;10-;/m.1./s1. The van der Waals surface area contributed by atoms with Crippen LogP contribution in [0.15, 0.2) is 16.6 Å². The third kappa shape index (κ3) is 11.1. The minimum Gasteiger partial charge on any atom is -0.389 e. The van der Waals surface area contributed by atoms with Crippen LogP contribution in [0.25, 0.3) is 23.2 Å². The van der Waals surface area contributed by atoms with Crippen molar-refractivity contribution in [2.75, 3.05) is 32.4 Å². The zero-order valence-electron chi connectivity index (χ0n) is 34.9. The Balaban J connectivity index is 0.000000642. The topological polar surface area (TPSA) is 77.9 Å². The van der Waals surface area contributed by atoms with E-state index in [1.54, 1.807) is 13.1 Å². The monoisotopic (exact) mass is 752 g/mol. The fraction of sp³-hybridized carbons (Fsp3) is 0.591. The van der Waals surface area contributed by atoms with Crippen molar-refractivity contribution in [2.24, 2.45) is 4.99 Å². The highest BCUT2D eigenvalue weighted by Crippen LogP contribution is 2.45. The van der Waals surface area contributed by atoms with Crippen LogP contribution in [0.5, 0.6) is 0 Å². The Bertz CT molecular complexity index is 1780. The number of allylic oxidation sites excluding steroid dienone is 2. The minimum absolute atomic E-state index is 0.172. The molecule has 0 bridgehead atoms. The lowest BCUT2D eigenvalue weighted by atomic mass is 9.84. The van der Waals surface area contributed by atoms with Crippen molar-refractivity contribution in [3.05, 3.63) is 60.6 Å². The maximum Gasteiger partial charge on any atom is 0.139 e. The van der Waals surface area contributed by atoms with Gasteiger partial charge >= 0.3 is 0 Å². The summed E-state index contributed by atoms with van der Waals surface area (Å²) >= 11 is 1.02. The largest absolute Gasteiger partial charge is 0.389 e. The molecule has 1 aromatic carbocycles. The molecule has 1 atom stereocenters. The second-order valence-electron chi connectivity index (χ2n) is 13.8. The Kier molecular flexibility index (Phi) is 19.7. The van der Waals surface area contributed by atoms with Crippen molar-refractivity contribution in [3.63, 3.8) is 0 Å². The number of ether oxygens (including phenoxy) is 1. The number of nitrogens with two attached hydrogens (primary N) is 1. The van der Waals surface area contributed by atoms with Gasteiger partial charge in [0.05, 0.1) is 23.7 Å². The number of fused-ring (bicyclic) bond motifs is 1. The first kappa shape index (κ1) is 45.8. The number of benzene rings is 1. The van der Waals surface area contributed by atoms with Crippen LogP contribution in [0.2, 0.25) is 0 Å². The Morgan fingerprint density at radius 2 is 1.70 bits per heavy atom. The predicted octanol–water partition coefficient (Wildman–Crippen LogP) is 10.7. The molecule has 2 aliphatic heterocycles. The van der Waals surface area contributed by atoms with Crippen molar-refractivity contribution < 1.29 is 13.5 Å². The van der Waals surface area contributed by atoms with Gasteiger partial charge in [-0.15, -0.1) is 11.3 Å². The van der Waals surface area contributed by atoms with Gasteiger partial charge in [0.1, 0.15) is 28.6 Å². The van der Waals surface area contributed by atoms with Gasteiger partial charge < -0.3 is 20.3 Å². The van der Waals surface area contributed by atoms with Crippen molar-refractivity contribution in [2.45, 2.75) is 147 Å². The summed E-state index contributed by atoms with van der Waals surface area (Å²) in [5, 5.41) is 11.5. The maximum atomic E-state index is 17.1. The second-order valence-corrected chi connectivity index (χ2v) is 14.9. The van der Waals surface area contributed by atoms with E-state index in [9.17, 15) is 5.26 Å². The normalized spacial score (nSPS) is 16.4. The molecule has 2 aromatic rings. The van der Waals surface area contributed by atoms with Gasteiger partial charge in [-0.1, -0.05) is 71.6 Å². The van der Waals surface area contributed by atoms with Crippen LogP contribution in [0.4, 0.5) is 13.8 Å². The Morgan fingerprint density at radius 3 is 2.25 bits per heavy atom. The summed E-state index contributed by atoms with van der Waals surface area (Å²) in [6.45, 7) is 26.0. The van der Waals surface area contributed by atoms with Crippen LogP contribution in [0.3, 0.4) is 0 Å². The van der Waals surface area contributed by atoms with Gasteiger partial charge in [0.15, 0.2) is 0 Å². The number of halogens is 2. The molecule has 1 fully saturated rings. The molecule has 0 unspecified atom stereocenters. The lowest BCUT2D eigenvalue weighted by Crippen LogP contribution is -2.36. The summed E-state index contributed by atoms with van der Waals surface area (Å²) in [7, 11) is 2.23. The maximum absolute atomic E-state index is 17.1. The summed E-state index contributed by atoms with van der Waals surface area (Å²) < 4.78 is 38.3. The molecule has 3 heterocycles. The lowest BCUT2D eigenvalue weighted by Gasteiger charge is -2.23. The van der Waals surface area contributed by atoms with Gasteiger partial charge in [0.25, 0.3) is 0 Å². The van der Waals surface area contributed by atoms with E-state index in [2.05, 4.69) is 43.7 Å². The number of unbranched alkanes of at least 4 members (excludes halogenated alkanes) is 1. The van der Waals surface area contributed by atoms with Gasteiger partial charge in [0.2, 0.25) is 0 Å². The summed E-state index contributed by atoms with van der Waals surface area (Å²) in [5.41, 5.74) is 11.0. The number of thiophene rings is 1. The Hall–Kier alpha value is -3.32. The third-order valence-electron chi connectivity index (χ3n) is 10.4. The van der Waals surface area contributed by atoms with Crippen LogP contribution in [0.1, 0.15) is 160 Å². The zero-order chi connectivity index (χ0) is 39.8. The van der Waals surface area contributed by atoms with E-state index in [-0.39, 0.29) is 22.0 Å². The van der Waals surface area contributed by atoms with E-state index in [0.717, 1.165) is 71.1 Å². The number of hydrogen-bond acceptors (Lipinski definition) is 6. The molecule has 9 heteroatoms. The summed E-state index contributed by atoms with van der Waals surface area (Å²) in [6, 6.07) is 2.94. The molecule has 0 amide bonds. The highest BCUT2D eigenvalue weighted by Gasteiger charge is 2.31. The number of hydrogen-bond donors (Lipinski definition) is 1. The number of aliphatic imine (C=N–C) groups is 1. The van der Waals surface area contributed by atoms with Gasteiger partial charge in [-0.2, -0.15) is 5.26 Å². The Labute approximate surface area is 323 Å². The van der Waals surface area contributed by atoms with Crippen molar-refractivity contribution in [3.8, 4) is 6.07 Å². The quantitative estimate of drug-likeness (QED) is 0.173. The third-order valence-corrected chi connectivity index (χ3v) is 11.4. The van der Waals surface area contributed by atoms with Crippen LogP contribution in [-0.4, -0.2) is 48.4 Å². The molecule has 0 radical (unpaired) electrons. The van der Waals surface area contributed by atoms with E-state index >= 15 is 8.78 Å². The smallest absolute Gasteiger partial charge is 0.139 e. The number of nitrogen functional groups attached to an aromatic ring is 1. The molecule has 1 saturated heterocycles. The molecule has 0 aliphatic carbocycles. The number of amidine groups is 1. The van der Waals surface area contributed by atoms with E-state index in [1.165, 1.54) is 38.3 Å². The highest BCUT2D eigenvalue weighted by molar-refractivity contribution is 7.17. The number of nitriles is 1. The molecule has 0 saturated carbocycles. The van der Waals surface area contributed by atoms with E-state index in [1.807, 2.05) is 48.5 Å². The predicted molar refractivity (Wildman–Crippen MR) is 225 cm³/mol. The first-order valence-electron chi connectivity index (χ1n) is 19.9. The average molecular weight is 752 g/mol. The van der Waals surface area contributed by atoms with Gasteiger partial charge in [0, 0.05) is 46.9 Å². The van der Waals surface area contributed by atoms with E-state index in [0.29, 0.717) is 46.9 Å². The molecule has 1 aromatic heterocycles. The first-order valence-corrected chi connectivity index (χ1v) is 20.7. The van der Waals surface area contributed by atoms with Crippen molar-refractivity contribution in [1.29, 1.82) is 5.26 Å². The SMILES string of the molecule is C/C=C(/F)c1sc(N)c(C#N)c1/C(=C(\C)CC)c1c2c(/c(=C/N=C(C)N3CCCC3)c(=C(C)CC)c1F)COC2.CC.CCCC[C@@H](C)N(C)CCC. The zero-order valence-corrected chi connectivity index (χ0v) is 35.7. The van der Waals surface area contributed by atoms with Crippen molar-refractivity contribution >= 4 is 45.3 Å². The lowest BCUT2D eigenvalue weighted by molar-refractivity contribution is 0.134. The number of likely N-dealkylation sites (tertiary alicyclic amines) is 1. The van der Waals surface area contributed by atoms with Crippen LogP contribution in [-0.2, 0) is 18.0 Å². The van der Waals surface area contributed by atoms with Crippen molar-refractivity contribution in [1.82, 2.24) is 9.80 Å². The second kappa shape index (κ2) is 22.8. The number of nitrogens with zero attached hydrogens (tertiary/aromatic N) is 4. The van der Waals surface area contributed by atoms with Crippen LogP contribution < -0.4 is 16.2 Å². The molecule has 6 nitrogen and oxygen atoms in total. The average Bonchev–Trinajstić information content (AvgIpc) is 3.95. The fourth-order valence-corrected chi connectivity index (χ4v) is 7.81. The van der Waals surface area contributed by atoms with Crippen LogP contribution in [0, 0.1) is 17.1 Å². The summed E-state index contributed by atoms with van der Waals surface area (Å²) in [4.78, 5) is 9.74. The molecule has 0 spiro atoms. The minimum atomic E-state index is -0.490. The molecular formula is C44H67F2N5OS. The van der Waals surface area contributed by atoms with Gasteiger partial charge in [-0.3, -0.25) is 0 Å². The Morgan fingerprint density at radius 1 is 1.06 bits per heavy atom. The number of anilines is 1. The fourth-order valence-electron chi connectivity index (χ4n) is 6.82. The van der Waals surface area contributed by atoms with Gasteiger partial charge in [-0.05, 0) is 103 Å². The molecule has 4 rings (SSSR count).